The maximum absolute atomic E-state index is 13.4. The molecular weight excluding hydrogens is 337 g/mol. The van der Waals surface area contributed by atoms with Crippen LogP contribution in [0.4, 0.5) is 4.39 Å². The predicted molar refractivity (Wildman–Crippen MR) is 82.3 cm³/mol. The molecule has 3 rings (SSSR count). The fourth-order valence-electron chi connectivity index (χ4n) is 2.47. The lowest BCUT2D eigenvalue weighted by Gasteiger charge is -2.32. The summed E-state index contributed by atoms with van der Waals surface area (Å²) in [7, 11) is 1.85. The summed E-state index contributed by atoms with van der Waals surface area (Å²) in [4.78, 5) is 0. The van der Waals surface area contributed by atoms with E-state index in [-0.39, 0.29) is 18.0 Å². The zero-order chi connectivity index (χ0) is 14.8. The van der Waals surface area contributed by atoms with Gasteiger partial charge in [0.05, 0.1) is 10.5 Å². The van der Waals surface area contributed by atoms with Crippen molar-refractivity contribution in [1.82, 2.24) is 5.32 Å². The molecule has 2 atom stereocenters. The van der Waals surface area contributed by atoms with Gasteiger partial charge < -0.3 is 14.8 Å². The highest BCUT2D eigenvalue weighted by atomic mass is 79.9. The first-order valence-corrected chi connectivity index (χ1v) is 7.49. The SMILES string of the molecule is CNC(c1ccc(F)c(Br)c1)C1COc2ccccc2O1. The van der Waals surface area contributed by atoms with Crippen molar-refractivity contribution >= 4 is 15.9 Å². The topological polar surface area (TPSA) is 30.5 Å². The lowest BCUT2D eigenvalue weighted by atomic mass is 10.0. The average Bonchev–Trinajstić information content (AvgIpc) is 2.51. The van der Waals surface area contributed by atoms with Crippen molar-refractivity contribution in [3.05, 3.63) is 58.3 Å². The van der Waals surface area contributed by atoms with E-state index in [9.17, 15) is 4.39 Å². The Morgan fingerprint density at radius 2 is 2.00 bits per heavy atom. The van der Waals surface area contributed by atoms with Gasteiger partial charge in [0.25, 0.3) is 0 Å². The van der Waals surface area contributed by atoms with Gasteiger partial charge in [0.15, 0.2) is 17.6 Å². The maximum atomic E-state index is 13.4. The quantitative estimate of drug-likeness (QED) is 0.914. The molecule has 21 heavy (non-hydrogen) atoms. The molecule has 0 bridgehead atoms. The molecule has 5 heteroatoms. The number of nitrogens with one attached hydrogen (secondary N) is 1. The van der Waals surface area contributed by atoms with Gasteiger partial charge in [-0.3, -0.25) is 0 Å². The molecule has 0 fully saturated rings. The van der Waals surface area contributed by atoms with Gasteiger partial charge in [0.2, 0.25) is 0 Å². The molecule has 0 aromatic heterocycles. The maximum Gasteiger partial charge on any atom is 0.161 e. The monoisotopic (exact) mass is 351 g/mol. The second kappa shape index (κ2) is 6.03. The van der Waals surface area contributed by atoms with Crippen molar-refractivity contribution in [2.45, 2.75) is 12.1 Å². The van der Waals surface area contributed by atoms with Gasteiger partial charge in [-0.25, -0.2) is 4.39 Å². The zero-order valence-corrected chi connectivity index (χ0v) is 13.1. The van der Waals surface area contributed by atoms with Crippen molar-refractivity contribution in [3.8, 4) is 11.5 Å². The summed E-state index contributed by atoms with van der Waals surface area (Å²) in [5.41, 5.74) is 0.943. The summed E-state index contributed by atoms with van der Waals surface area (Å²) < 4.78 is 25.6. The van der Waals surface area contributed by atoms with Crippen LogP contribution in [0.1, 0.15) is 11.6 Å². The van der Waals surface area contributed by atoms with Gasteiger partial charge in [0, 0.05) is 0 Å². The second-order valence-electron chi connectivity index (χ2n) is 4.85. The Morgan fingerprint density at radius 1 is 1.24 bits per heavy atom. The van der Waals surface area contributed by atoms with E-state index in [0.717, 1.165) is 17.1 Å². The van der Waals surface area contributed by atoms with Crippen LogP contribution in [0.15, 0.2) is 46.9 Å². The Morgan fingerprint density at radius 3 is 2.71 bits per heavy atom. The number of hydrogen-bond donors (Lipinski definition) is 1. The average molecular weight is 352 g/mol. The van der Waals surface area contributed by atoms with E-state index in [4.69, 9.17) is 9.47 Å². The van der Waals surface area contributed by atoms with E-state index in [2.05, 4.69) is 21.2 Å². The van der Waals surface area contributed by atoms with Crippen LogP contribution in [0.3, 0.4) is 0 Å². The first-order valence-electron chi connectivity index (χ1n) is 6.69. The molecule has 1 N–H and O–H groups in total. The highest BCUT2D eigenvalue weighted by Gasteiger charge is 2.29. The van der Waals surface area contributed by atoms with E-state index >= 15 is 0 Å². The number of fused-ring (bicyclic) bond motifs is 1. The molecule has 0 saturated heterocycles. The molecule has 2 unspecified atom stereocenters. The molecule has 2 aromatic rings. The van der Waals surface area contributed by atoms with Crippen molar-refractivity contribution in [3.63, 3.8) is 0 Å². The third-order valence-corrected chi connectivity index (χ3v) is 4.12. The minimum absolute atomic E-state index is 0.0877. The number of ether oxygens (including phenoxy) is 2. The molecule has 1 aliphatic rings. The van der Waals surface area contributed by atoms with Gasteiger partial charge in [-0.05, 0) is 52.8 Å². The minimum Gasteiger partial charge on any atom is -0.486 e. The second-order valence-corrected chi connectivity index (χ2v) is 5.71. The minimum atomic E-state index is -0.278. The Bertz CT molecular complexity index is 650. The lowest BCUT2D eigenvalue weighted by molar-refractivity contribution is 0.0638. The van der Waals surface area contributed by atoms with Gasteiger partial charge in [0.1, 0.15) is 12.4 Å². The number of halogens is 2. The Balaban J connectivity index is 1.86. The smallest absolute Gasteiger partial charge is 0.161 e. The van der Waals surface area contributed by atoms with Crippen LogP contribution in [0.25, 0.3) is 0 Å². The molecule has 2 aromatic carbocycles. The summed E-state index contributed by atoms with van der Waals surface area (Å²) in [6, 6.07) is 12.5. The van der Waals surface area contributed by atoms with Crippen LogP contribution in [-0.2, 0) is 0 Å². The lowest BCUT2D eigenvalue weighted by Crippen LogP contribution is -2.40. The van der Waals surface area contributed by atoms with Gasteiger partial charge in [-0.2, -0.15) is 0 Å². The highest BCUT2D eigenvalue weighted by Crippen LogP contribution is 2.34. The van der Waals surface area contributed by atoms with Gasteiger partial charge >= 0.3 is 0 Å². The first kappa shape index (κ1) is 14.4. The van der Waals surface area contributed by atoms with E-state index in [0.29, 0.717) is 11.1 Å². The van der Waals surface area contributed by atoms with Gasteiger partial charge in [-0.1, -0.05) is 18.2 Å². The molecular formula is C16H15BrFNO2. The summed E-state index contributed by atoms with van der Waals surface area (Å²) in [6.07, 6.45) is -0.178. The van der Waals surface area contributed by atoms with E-state index < -0.39 is 0 Å². The first-order chi connectivity index (χ1) is 10.2. The summed E-state index contributed by atoms with van der Waals surface area (Å²) in [5.74, 6) is 1.21. The van der Waals surface area contributed by atoms with Crippen LogP contribution in [0, 0.1) is 5.82 Å². The van der Waals surface area contributed by atoms with E-state index in [1.165, 1.54) is 6.07 Å². The molecule has 0 saturated carbocycles. The molecule has 0 spiro atoms. The fraction of sp³-hybridized carbons (Fsp3) is 0.250. The van der Waals surface area contributed by atoms with Gasteiger partial charge in [-0.15, -0.1) is 0 Å². The summed E-state index contributed by atoms with van der Waals surface area (Å²) in [6.45, 7) is 0.442. The standard InChI is InChI=1S/C16H15BrFNO2/c1-19-16(10-6-7-12(18)11(17)8-10)15-9-20-13-4-2-3-5-14(13)21-15/h2-8,15-16,19H,9H2,1H3. The van der Waals surface area contributed by atoms with Crippen LogP contribution < -0.4 is 14.8 Å². The van der Waals surface area contributed by atoms with Crippen molar-refractivity contribution < 1.29 is 13.9 Å². The highest BCUT2D eigenvalue weighted by molar-refractivity contribution is 9.10. The molecule has 110 valence electrons. The molecule has 0 amide bonds. The van der Waals surface area contributed by atoms with Crippen molar-refractivity contribution in [2.24, 2.45) is 0 Å². The van der Waals surface area contributed by atoms with Crippen molar-refractivity contribution in [2.75, 3.05) is 13.7 Å². The van der Waals surface area contributed by atoms with E-state index in [1.54, 1.807) is 12.1 Å². The normalized spacial score (nSPS) is 18.3. The van der Waals surface area contributed by atoms with Crippen LogP contribution in [0.5, 0.6) is 11.5 Å². The molecule has 1 aliphatic heterocycles. The van der Waals surface area contributed by atoms with Crippen LogP contribution >= 0.6 is 15.9 Å². The number of likely N-dealkylation sites (N-methyl/N-ethyl adjacent to an activating group) is 1. The third-order valence-electron chi connectivity index (χ3n) is 3.52. The molecule has 0 radical (unpaired) electrons. The number of para-hydroxylation sites is 2. The number of hydrogen-bond acceptors (Lipinski definition) is 3. The third kappa shape index (κ3) is 2.89. The Kier molecular flexibility index (Phi) is 4.12. The molecule has 1 heterocycles. The molecule has 3 nitrogen and oxygen atoms in total. The zero-order valence-electron chi connectivity index (χ0n) is 11.5. The Hall–Kier alpha value is -1.59. The largest absolute Gasteiger partial charge is 0.486 e. The Labute approximate surface area is 131 Å². The number of rotatable bonds is 3. The number of benzene rings is 2. The molecule has 0 aliphatic carbocycles. The van der Waals surface area contributed by atoms with Crippen molar-refractivity contribution in [1.29, 1.82) is 0 Å². The van der Waals surface area contributed by atoms with Crippen LogP contribution in [-0.4, -0.2) is 19.8 Å². The fourth-order valence-corrected chi connectivity index (χ4v) is 2.87. The summed E-state index contributed by atoms with van der Waals surface area (Å²) >= 11 is 3.22. The van der Waals surface area contributed by atoms with Crippen LogP contribution in [0.2, 0.25) is 0 Å². The van der Waals surface area contributed by atoms with E-state index in [1.807, 2.05) is 31.3 Å². The summed E-state index contributed by atoms with van der Waals surface area (Å²) in [5, 5.41) is 3.22. The predicted octanol–water partition coefficient (Wildman–Crippen LogP) is 3.69.